The molecular formula is C13H17N3O. The van der Waals surface area contributed by atoms with E-state index in [1.54, 1.807) is 13.3 Å². The smallest absolute Gasteiger partial charge is 0.207 e. The van der Waals surface area contributed by atoms with Crippen molar-refractivity contribution >= 4 is 5.95 Å². The summed E-state index contributed by atoms with van der Waals surface area (Å²) in [5, 5.41) is 3.24. The lowest BCUT2D eigenvalue weighted by atomic mass is 10.2. The molecule has 2 aromatic rings. The Balaban J connectivity index is 2.18. The average Bonchev–Trinajstić information content (AvgIpc) is 2.78. The highest BCUT2D eigenvalue weighted by Gasteiger charge is 2.03. The number of rotatable bonds is 5. The molecule has 17 heavy (non-hydrogen) atoms. The zero-order valence-electron chi connectivity index (χ0n) is 10.2. The molecule has 0 amide bonds. The van der Waals surface area contributed by atoms with Crippen LogP contribution in [0.2, 0.25) is 0 Å². The zero-order chi connectivity index (χ0) is 12.1. The van der Waals surface area contributed by atoms with Gasteiger partial charge in [0.1, 0.15) is 0 Å². The number of ether oxygens (including phenoxy) is 1. The molecule has 90 valence electrons. The van der Waals surface area contributed by atoms with Gasteiger partial charge in [0.2, 0.25) is 5.95 Å². The minimum Gasteiger partial charge on any atom is -0.383 e. The van der Waals surface area contributed by atoms with Gasteiger partial charge in [0.15, 0.2) is 0 Å². The van der Waals surface area contributed by atoms with Crippen molar-refractivity contribution in [2.24, 2.45) is 0 Å². The van der Waals surface area contributed by atoms with Crippen LogP contribution in [0.3, 0.4) is 0 Å². The van der Waals surface area contributed by atoms with Crippen LogP contribution in [0, 0.1) is 6.92 Å². The van der Waals surface area contributed by atoms with Gasteiger partial charge < -0.3 is 10.1 Å². The lowest BCUT2D eigenvalue weighted by Crippen LogP contribution is -2.11. The maximum atomic E-state index is 5.01. The third kappa shape index (κ3) is 2.85. The molecule has 1 aromatic heterocycles. The third-order valence-electron chi connectivity index (χ3n) is 2.51. The topological polar surface area (TPSA) is 39.1 Å². The maximum absolute atomic E-state index is 5.01. The summed E-state index contributed by atoms with van der Waals surface area (Å²) in [6, 6.07) is 8.32. The highest BCUT2D eigenvalue weighted by molar-refractivity contribution is 5.43. The molecule has 1 N–H and O–H groups in total. The van der Waals surface area contributed by atoms with Crippen LogP contribution in [0.4, 0.5) is 5.95 Å². The second kappa shape index (κ2) is 5.50. The summed E-state index contributed by atoms with van der Waals surface area (Å²) in [5.74, 6) is 0.840. The number of benzene rings is 1. The Morgan fingerprint density at radius 2 is 2.29 bits per heavy atom. The van der Waals surface area contributed by atoms with E-state index in [0.717, 1.165) is 18.2 Å². The summed E-state index contributed by atoms with van der Waals surface area (Å²) in [7, 11) is 1.69. The van der Waals surface area contributed by atoms with Crippen molar-refractivity contribution in [2.75, 3.05) is 25.6 Å². The summed E-state index contributed by atoms with van der Waals surface area (Å²) in [6.45, 7) is 3.50. The number of nitrogens with one attached hydrogen (secondary N) is 1. The first-order valence-electron chi connectivity index (χ1n) is 5.64. The molecule has 0 aliphatic carbocycles. The minimum atomic E-state index is 0.667. The quantitative estimate of drug-likeness (QED) is 0.802. The largest absolute Gasteiger partial charge is 0.383 e. The molecule has 4 heteroatoms. The molecule has 1 aromatic carbocycles. The molecule has 0 radical (unpaired) electrons. The molecule has 0 bridgehead atoms. The van der Waals surface area contributed by atoms with E-state index in [1.165, 1.54) is 5.56 Å². The fourth-order valence-electron chi connectivity index (χ4n) is 1.69. The molecule has 0 aliphatic rings. The van der Waals surface area contributed by atoms with Gasteiger partial charge in [0.05, 0.1) is 6.61 Å². The molecule has 0 unspecified atom stereocenters. The molecule has 0 aliphatic heterocycles. The first-order valence-corrected chi connectivity index (χ1v) is 5.64. The summed E-state index contributed by atoms with van der Waals surface area (Å²) in [4.78, 5) is 4.29. The van der Waals surface area contributed by atoms with Crippen LogP contribution in [-0.4, -0.2) is 29.8 Å². The molecule has 0 saturated carbocycles. The van der Waals surface area contributed by atoms with Gasteiger partial charge >= 0.3 is 0 Å². The first-order chi connectivity index (χ1) is 8.31. The Labute approximate surface area is 101 Å². The monoisotopic (exact) mass is 231 g/mol. The molecule has 0 spiro atoms. The van der Waals surface area contributed by atoms with E-state index in [9.17, 15) is 0 Å². The molecule has 1 heterocycles. The maximum Gasteiger partial charge on any atom is 0.207 e. The van der Waals surface area contributed by atoms with Crippen LogP contribution in [-0.2, 0) is 4.74 Å². The SMILES string of the molecule is COCCNc1nccn1-c1cccc(C)c1. The number of methoxy groups -OCH3 is 1. The Bertz CT molecular complexity index is 479. The minimum absolute atomic E-state index is 0.667. The molecule has 0 saturated heterocycles. The van der Waals surface area contributed by atoms with Crippen LogP contribution >= 0.6 is 0 Å². The number of aromatic nitrogens is 2. The van der Waals surface area contributed by atoms with E-state index >= 15 is 0 Å². The third-order valence-corrected chi connectivity index (χ3v) is 2.51. The van der Waals surface area contributed by atoms with Gasteiger partial charge in [0, 0.05) is 31.7 Å². The van der Waals surface area contributed by atoms with Crippen LogP contribution in [0.25, 0.3) is 5.69 Å². The van der Waals surface area contributed by atoms with Gasteiger partial charge in [0.25, 0.3) is 0 Å². The van der Waals surface area contributed by atoms with Crippen molar-refractivity contribution in [1.29, 1.82) is 0 Å². The molecular weight excluding hydrogens is 214 g/mol. The molecule has 0 fully saturated rings. The number of imidazole rings is 1. The summed E-state index contributed by atoms with van der Waals surface area (Å²) in [5.41, 5.74) is 2.35. The average molecular weight is 231 g/mol. The number of aryl methyl sites for hydroxylation is 1. The lowest BCUT2D eigenvalue weighted by molar-refractivity contribution is 0.210. The standard InChI is InChI=1S/C13H17N3O/c1-11-4-3-5-12(10-11)16-8-6-14-13(16)15-7-9-17-2/h3-6,8,10H,7,9H2,1-2H3,(H,14,15). The van der Waals surface area contributed by atoms with Crippen molar-refractivity contribution in [3.05, 3.63) is 42.2 Å². The zero-order valence-corrected chi connectivity index (χ0v) is 10.2. The molecule has 0 atom stereocenters. The van der Waals surface area contributed by atoms with Gasteiger partial charge in [-0.15, -0.1) is 0 Å². The summed E-state index contributed by atoms with van der Waals surface area (Å²) < 4.78 is 7.04. The van der Waals surface area contributed by atoms with E-state index in [1.807, 2.05) is 16.8 Å². The van der Waals surface area contributed by atoms with Crippen molar-refractivity contribution in [3.63, 3.8) is 0 Å². The summed E-state index contributed by atoms with van der Waals surface area (Å²) >= 11 is 0. The van der Waals surface area contributed by atoms with Gasteiger partial charge in [-0.05, 0) is 24.6 Å². The Kier molecular flexibility index (Phi) is 3.77. The second-order valence-corrected chi connectivity index (χ2v) is 3.88. The van der Waals surface area contributed by atoms with E-state index in [2.05, 4.69) is 35.4 Å². The van der Waals surface area contributed by atoms with Crippen molar-refractivity contribution in [2.45, 2.75) is 6.92 Å². The van der Waals surface area contributed by atoms with Gasteiger partial charge in [-0.1, -0.05) is 12.1 Å². The van der Waals surface area contributed by atoms with Crippen LogP contribution in [0.1, 0.15) is 5.56 Å². The van der Waals surface area contributed by atoms with Gasteiger partial charge in [-0.3, -0.25) is 4.57 Å². The Morgan fingerprint density at radius 1 is 1.41 bits per heavy atom. The number of hydrogen-bond acceptors (Lipinski definition) is 3. The van der Waals surface area contributed by atoms with E-state index in [-0.39, 0.29) is 0 Å². The van der Waals surface area contributed by atoms with Gasteiger partial charge in [-0.25, -0.2) is 4.98 Å². The van der Waals surface area contributed by atoms with E-state index in [0.29, 0.717) is 6.61 Å². The predicted molar refractivity (Wildman–Crippen MR) is 68.7 cm³/mol. The number of hydrogen-bond donors (Lipinski definition) is 1. The number of nitrogens with zero attached hydrogens (tertiary/aromatic N) is 2. The van der Waals surface area contributed by atoms with Crippen molar-refractivity contribution in [3.8, 4) is 5.69 Å². The van der Waals surface area contributed by atoms with Crippen LogP contribution in [0.5, 0.6) is 0 Å². The molecule has 2 rings (SSSR count). The van der Waals surface area contributed by atoms with Gasteiger partial charge in [-0.2, -0.15) is 0 Å². The normalized spacial score (nSPS) is 10.5. The van der Waals surface area contributed by atoms with Crippen LogP contribution in [0.15, 0.2) is 36.7 Å². The fraction of sp³-hybridized carbons (Fsp3) is 0.308. The van der Waals surface area contributed by atoms with Crippen molar-refractivity contribution in [1.82, 2.24) is 9.55 Å². The lowest BCUT2D eigenvalue weighted by Gasteiger charge is -2.09. The first kappa shape index (κ1) is 11.7. The highest BCUT2D eigenvalue weighted by Crippen LogP contribution is 2.15. The second-order valence-electron chi connectivity index (χ2n) is 3.88. The van der Waals surface area contributed by atoms with E-state index < -0.39 is 0 Å². The fourth-order valence-corrected chi connectivity index (χ4v) is 1.69. The Hall–Kier alpha value is -1.81. The Morgan fingerprint density at radius 3 is 3.06 bits per heavy atom. The van der Waals surface area contributed by atoms with Crippen LogP contribution < -0.4 is 5.32 Å². The molecule has 4 nitrogen and oxygen atoms in total. The highest BCUT2D eigenvalue weighted by atomic mass is 16.5. The van der Waals surface area contributed by atoms with Crippen molar-refractivity contribution < 1.29 is 4.74 Å². The summed E-state index contributed by atoms with van der Waals surface area (Å²) in [6.07, 6.45) is 3.74. The number of anilines is 1. The predicted octanol–water partition coefficient (Wildman–Crippen LogP) is 2.24. The van der Waals surface area contributed by atoms with E-state index in [4.69, 9.17) is 4.74 Å².